The van der Waals surface area contributed by atoms with Crippen molar-refractivity contribution < 1.29 is 0 Å². The average Bonchev–Trinajstić information content (AvgIpc) is 3.04. The van der Waals surface area contributed by atoms with Crippen molar-refractivity contribution in [3.63, 3.8) is 0 Å². The fourth-order valence-electron chi connectivity index (χ4n) is 2.34. The predicted molar refractivity (Wildman–Crippen MR) is 69.7 cm³/mol. The van der Waals surface area contributed by atoms with Crippen LogP contribution in [0.15, 0.2) is 35.1 Å². The van der Waals surface area contributed by atoms with Crippen LogP contribution >= 0.6 is 15.9 Å². The molecule has 0 saturated heterocycles. The van der Waals surface area contributed by atoms with E-state index in [1.807, 2.05) is 11.6 Å². The minimum atomic E-state index is 0.389. The second-order valence-corrected chi connectivity index (χ2v) is 5.59. The molecule has 2 aromatic rings. The fourth-order valence-corrected chi connectivity index (χ4v) is 2.75. The second-order valence-electron chi connectivity index (χ2n) is 4.67. The number of halogens is 1. The van der Waals surface area contributed by atoms with Crippen LogP contribution in [0.25, 0.3) is 0 Å². The van der Waals surface area contributed by atoms with Crippen LogP contribution in [-0.4, -0.2) is 14.8 Å². The van der Waals surface area contributed by atoms with E-state index in [9.17, 15) is 0 Å². The lowest BCUT2D eigenvalue weighted by molar-refractivity contribution is 0.623. The van der Waals surface area contributed by atoms with Crippen molar-refractivity contribution in [3.8, 4) is 0 Å². The van der Waals surface area contributed by atoms with Crippen LogP contribution in [0, 0.1) is 5.92 Å². The monoisotopic (exact) mass is 291 g/mol. The van der Waals surface area contributed by atoms with Crippen LogP contribution in [0.1, 0.15) is 30.1 Å². The summed E-state index contributed by atoms with van der Waals surface area (Å²) < 4.78 is 3.16. The largest absolute Gasteiger partial charge is 0.320 e. The minimum absolute atomic E-state index is 0.389. The van der Waals surface area contributed by atoms with Crippen molar-refractivity contribution in [2.75, 3.05) is 0 Å². The van der Waals surface area contributed by atoms with Gasteiger partial charge in [0.15, 0.2) is 0 Å². The van der Waals surface area contributed by atoms with Gasteiger partial charge in [0.2, 0.25) is 0 Å². The van der Waals surface area contributed by atoms with Gasteiger partial charge in [0.1, 0.15) is 12.2 Å². The van der Waals surface area contributed by atoms with E-state index in [-0.39, 0.29) is 0 Å². The molecule has 0 bridgehead atoms. The third-order valence-electron chi connectivity index (χ3n) is 3.33. The van der Waals surface area contributed by atoms with E-state index in [2.05, 4.69) is 50.4 Å². The first-order valence-corrected chi connectivity index (χ1v) is 6.64. The third kappa shape index (κ3) is 2.14. The number of aromatic nitrogens is 3. The molecule has 3 rings (SSSR count). The van der Waals surface area contributed by atoms with Crippen molar-refractivity contribution in [3.05, 3.63) is 46.5 Å². The summed E-state index contributed by atoms with van der Waals surface area (Å²) in [6, 6.07) is 8.52. The lowest BCUT2D eigenvalue weighted by atomic mass is 9.93. The summed E-state index contributed by atoms with van der Waals surface area (Å²) in [5.41, 5.74) is 1.33. The maximum Gasteiger partial charge on any atom is 0.140 e. The highest BCUT2D eigenvalue weighted by Crippen LogP contribution is 2.45. The highest BCUT2D eigenvalue weighted by Gasteiger charge is 2.36. The standard InChI is InChI=1S/C13H14BrN3/c1-17-8-15-16-13(17)12(9-5-6-9)10-3-2-4-11(14)7-10/h2-4,7-9,12H,5-6H2,1H3. The van der Waals surface area contributed by atoms with Crippen molar-refractivity contribution >= 4 is 15.9 Å². The van der Waals surface area contributed by atoms with Gasteiger partial charge in [-0.1, -0.05) is 28.1 Å². The lowest BCUT2D eigenvalue weighted by Crippen LogP contribution is -2.09. The zero-order valence-corrected chi connectivity index (χ0v) is 11.3. The first kappa shape index (κ1) is 11.0. The van der Waals surface area contributed by atoms with E-state index in [1.54, 1.807) is 6.33 Å². The summed E-state index contributed by atoms with van der Waals surface area (Å²) in [6.45, 7) is 0. The van der Waals surface area contributed by atoms with Crippen LogP contribution in [0.4, 0.5) is 0 Å². The Labute approximate surface area is 109 Å². The second kappa shape index (κ2) is 4.26. The molecule has 1 aromatic carbocycles. The van der Waals surface area contributed by atoms with Gasteiger partial charge in [-0.2, -0.15) is 0 Å². The van der Waals surface area contributed by atoms with Gasteiger partial charge in [0, 0.05) is 17.4 Å². The molecule has 88 valence electrons. The number of hydrogen-bond acceptors (Lipinski definition) is 2. The van der Waals surface area contributed by atoms with E-state index < -0.39 is 0 Å². The predicted octanol–water partition coefficient (Wildman–Crippen LogP) is 3.12. The van der Waals surface area contributed by atoms with Crippen molar-refractivity contribution in [2.24, 2.45) is 13.0 Å². The summed E-state index contributed by atoms with van der Waals surface area (Å²) in [7, 11) is 2.02. The molecule has 4 heteroatoms. The molecule has 1 aromatic heterocycles. The molecule has 1 aliphatic rings. The van der Waals surface area contributed by atoms with E-state index in [1.165, 1.54) is 18.4 Å². The van der Waals surface area contributed by atoms with Gasteiger partial charge in [0.05, 0.1) is 0 Å². The summed E-state index contributed by atoms with van der Waals surface area (Å²) in [5.74, 6) is 2.19. The van der Waals surface area contributed by atoms with Crippen LogP contribution in [0.2, 0.25) is 0 Å². The molecule has 1 saturated carbocycles. The summed E-state index contributed by atoms with van der Waals surface area (Å²) in [4.78, 5) is 0. The van der Waals surface area contributed by atoms with Gasteiger partial charge in [-0.05, 0) is 36.5 Å². The van der Waals surface area contributed by atoms with E-state index >= 15 is 0 Å². The van der Waals surface area contributed by atoms with Crippen LogP contribution in [-0.2, 0) is 7.05 Å². The zero-order chi connectivity index (χ0) is 11.8. The number of hydrogen-bond donors (Lipinski definition) is 0. The van der Waals surface area contributed by atoms with Gasteiger partial charge < -0.3 is 4.57 Å². The summed E-state index contributed by atoms with van der Waals surface area (Å²) >= 11 is 3.54. The Morgan fingerprint density at radius 3 is 2.82 bits per heavy atom. The van der Waals surface area contributed by atoms with Gasteiger partial charge in [-0.3, -0.25) is 0 Å². The number of nitrogens with zero attached hydrogens (tertiary/aromatic N) is 3. The van der Waals surface area contributed by atoms with Crippen LogP contribution in [0.5, 0.6) is 0 Å². The number of aryl methyl sites for hydroxylation is 1. The molecule has 0 spiro atoms. The summed E-state index contributed by atoms with van der Waals surface area (Å²) in [5, 5.41) is 8.28. The van der Waals surface area contributed by atoms with Crippen LogP contribution < -0.4 is 0 Å². The molecular weight excluding hydrogens is 278 g/mol. The van der Waals surface area contributed by atoms with Gasteiger partial charge >= 0.3 is 0 Å². The molecular formula is C13H14BrN3. The maximum absolute atomic E-state index is 4.28. The molecule has 0 N–H and O–H groups in total. The third-order valence-corrected chi connectivity index (χ3v) is 3.82. The SMILES string of the molecule is Cn1cnnc1C(c1cccc(Br)c1)C1CC1. The Kier molecular flexibility index (Phi) is 2.74. The van der Waals surface area contributed by atoms with E-state index in [0.717, 1.165) is 16.2 Å². The van der Waals surface area contributed by atoms with Crippen molar-refractivity contribution in [2.45, 2.75) is 18.8 Å². The normalized spacial score (nSPS) is 17.1. The first-order valence-electron chi connectivity index (χ1n) is 5.85. The van der Waals surface area contributed by atoms with Gasteiger partial charge in [-0.25, -0.2) is 0 Å². The smallest absolute Gasteiger partial charge is 0.140 e. The molecule has 0 amide bonds. The Morgan fingerprint density at radius 2 is 2.24 bits per heavy atom. The topological polar surface area (TPSA) is 30.7 Å². The number of rotatable bonds is 3. The maximum atomic E-state index is 4.28. The summed E-state index contributed by atoms with van der Waals surface area (Å²) in [6.07, 6.45) is 4.37. The van der Waals surface area contributed by atoms with Crippen molar-refractivity contribution in [1.82, 2.24) is 14.8 Å². The van der Waals surface area contributed by atoms with E-state index in [4.69, 9.17) is 0 Å². The molecule has 1 unspecified atom stereocenters. The molecule has 17 heavy (non-hydrogen) atoms. The molecule has 0 radical (unpaired) electrons. The molecule has 0 aliphatic heterocycles. The fraction of sp³-hybridized carbons (Fsp3) is 0.385. The minimum Gasteiger partial charge on any atom is -0.320 e. The lowest BCUT2D eigenvalue weighted by Gasteiger charge is -2.16. The highest BCUT2D eigenvalue weighted by molar-refractivity contribution is 9.10. The molecule has 1 fully saturated rings. The van der Waals surface area contributed by atoms with Crippen LogP contribution in [0.3, 0.4) is 0 Å². The Balaban J connectivity index is 2.04. The Hall–Kier alpha value is -1.16. The van der Waals surface area contributed by atoms with E-state index in [0.29, 0.717) is 5.92 Å². The van der Waals surface area contributed by atoms with Gasteiger partial charge in [0.25, 0.3) is 0 Å². The molecule has 1 aliphatic carbocycles. The highest BCUT2D eigenvalue weighted by atomic mass is 79.9. The number of benzene rings is 1. The van der Waals surface area contributed by atoms with Gasteiger partial charge in [-0.15, -0.1) is 10.2 Å². The first-order chi connectivity index (χ1) is 8.25. The molecule has 1 atom stereocenters. The zero-order valence-electron chi connectivity index (χ0n) is 9.68. The molecule has 1 heterocycles. The average molecular weight is 292 g/mol. The van der Waals surface area contributed by atoms with Crippen molar-refractivity contribution in [1.29, 1.82) is 0 Å². The molecule has 3 nitrogen and oxygen atoms in total. The Bertz CT molecular complexity index is 531. The Morgan fingerprint density at radius 1 is 1.41 bits per heavy atom. The quantitative estimate of drug-likeness (QED) is 0.870.